The lowest BCUT2D eigenvalue weighted by Gasteiger charge is -2.24. The average molecular weight is 272 g/mol. The summed E-state index contributed by atoms with van der Waals surface area (Å²) in [7, 11) is 1.69. The molecular weight excluding hydrogens is 252 g/mol. The molecule has 1 fully saturated rings. The maximum atomic E-state index is 11.8. The van der Waals surface area contributed by atoms with Crippen molar-refractivity contribution in [3.8, 4) is 0 Å². The molecular formula is C16H20N2O2. The molecule has 0 heterocycles. The first-order valence-corrected chi connectivity index (χ1v) is 7.31. The van der Waals surface area contributed by atoms with Crippen molar-refractivity contribution >= 4 is 17.5 Å². The van der Waals surface area contributed by atoms with Gasteiger partial charge >= 0.3 is 0 Å². The van der Waals surface area contributed by atoms with Crippen molar-refractivity contribution in [1.82, 2.24) is 5.32 Å². The zero-order valence-electron chi connectivity index (χ0n) is 11.7. The highest BCUT2D eigenvalue weighted by molar-refractivity contribution is 5.94. The molecule has 2 amide bonds. The Morgan fingerprint density at radius 1 is 1.05 bits per heavy atom. The Bertz CT molecular complexity index is 549. The van der Waals surface area contributed by atoms with Gasteiger partial charge in [0.1, 0.15) is 0 Å². The molecule has 1 aromatic carbocycles. The normalized spacial score (nSPS) is 20.9. The van der Waals surface area contributed by atoms with Crippen molar-refractivity contribution in [3.05, 3.63) is 29.3 Å². The first-order valence-electron chi connectivity index (χ1n) is 7.31. The van der Waals surface area contributed by atoms with E-state index < -0.39 is 0 Å². The lowest BCUT2D eigenvalue weighted by Crippen LogP contribution is -2.31. The molecule has 1 saturated carbocycles. The summed E-state index contributed by atoms with van der Waals surface area (Å²) in [5.74, 6) is 0.578. The Labute approximate surface area is 118 Å². The minimum Gasteiger partial charge on any atom is -0.359 e. The number of carbonyl (C=O) groups is 2. The van der Waals surface area contributed by atoms with Gasteiger partial charge in [0.25, 0.3) is 0 Å². The van der Waals surface area contributed by atoms with Crippen LogP contribution in [0.2, 0.25) is 0 Å². The minimum absolute atomic E-state index is 0.0828. The zero-order chi connectivity index (χ0) is 14.1. The molecule has 2 N–H and O–H groups in total. The summed E-state index contributed by atoms with van der Waals surface area (Å²) in [6.07, 6.45) is 4.62. The summed E-state index contributed by atoms with van der Waals surface area (Å²) in [4.78, 5) is 23.5. The molecule has 0 saturated heterocycles. The van der Waals surface area contributed by atoms with Crippen molar-refractivity contribution in [2.24, 2.45) is 11.8 Å². The van der Waals surface area contributed by atoms with Crippen LogP contribution >= 0.6 is 0 Å². The van der Waals surface area contributed by atoms with E-state index in [1.54, 1.807) is 7.05 Å². The number of aryl methyl sites for hydroxylation is 1. The van der Waals surface area contributed by atoms with Crippen molar-refractivity contribution < 1.29 is 9.59 Å². The van der Waals surface area contributed by atoms with E-state index in [0.29, 0.717) is 0 Å². The van der Waals surface area contributed by atoms with Crippen LogP contribution in [0.15, 0.2) is 18.2 Å². The predicted molar refractivity (Wildman–Crippen MR) is 77.4 cm³/mol. The van der Waals surface area contributed by atoms with Crippen LogP contribution in [0.5, 0.6) is 0 Å². The van der Waals surface area contributed by atoms with Gasteiger partial charge in [-0.25, -0.2) is 0 Å². The summed E-state index contributed by atoms with van der Waals surface area (Å²) < 4.78 is 0. The first-order chi connectivity index (χ1) is 9.67. The fraction of sp³-hybridized carbons (Fsp3) is 0.500. The van der Waals surface area contributed by atoms with Crippen LogP contribution < -0.4 is 10.6 Å². The largest absolute Gasteiger partial charge is 0.359 e. The molecule has 20 heavy (non-hydrogen) atoms. The van der Waals surface area contributed by atoms with Crippen LogP contribution in [0.25, 0.3) is 0 Å². The molecule has 1 aromatic rings. The predicted octanol–water partition coefficient (Wildman–Crippen LogP) is 1.89. The second-order valence-corrected chi connectivity index (χ2v) is 5.80. The third kappa shape index (κ3) is 2.69. The number of hydrogen-bond acceptors (Lipinski definition) is 2. The molecule has 1 unspecified atom stereocenters. The highest BCUT2D eigenvalue weighted by atomic mass is 16.2. The molecule has 3 rings (SSSR count). The number of nitrogens with one attached hydrogen (secondary N) is 2. The number of benzene rings is 1. The molecule has 4 heteroatoms. The van der Waals surface area contributed by atoms with Gasteiger partial charge in [-0.3, -0.25) is 9.59 Å². The maximum Gasteiger partial charge on any atom is 0.227 e. The van der Waals surface area contributed by atoms with E-state index in [0.717, 1.165) is 37.8 Å². The lowest BCUT2D eigenvalue weighted by atomic mass is 9.83. The van der Waals surface area contributed by atoms with Crippen LogP contribution in [0.4, 0.5) is 5.69 Å². The van der Waals surface area contributed by atoms with Crippen LogP contribution in [0.1, 0.15) is 30.4 Å². The third-order valence-electron chi connectivity index (χ3n) is 4.27. The van der Waals surface area contributed by atoms with Gasteiger partial charge < -0.3 is 10.6 Å². The summed E-state index contributed by atoms with van der Waals surface area (Å²) in [6.45, 7) is 0. The smallest absolute Gasteiger partial charge is 0.227 e. The van der Waals surface area contributed by atoms with E-state index in [1.807, 2.05) is 12.1 Å². The van der Waals surface area contributed by atoms with E-state index in [2.05, 4.69) is 16.7 Å². The molecule has 0 bridgehead atoms. The van der Waals surface area contributed by atoms with E-state index >= 15 is 0 Å². The van der Waals surface area contributed by atoms with E-state index in [-0.39, 0.29) is 23.7 Å². The van der Waals surface area contributed by atoms with Crippen molar-refractivity contribution in [1.29, 1.82) is 0 Å². The molecule has 0 aliphatic heterocycles. The van der Waals surface area contributed by atoms with Crippen molar-refractivity contribution in [3.63, 3.8) is 0 Å². The van der Waals surface area contributed by atoms with Gasteiger partial charge in [-0.2, -0.15) is 0 Å². The van der Waals surface area contributed by atoms with Crippen LogP contribution in [0, 0.1) is 11.8 Å². The Kier molecular flexibility index (Phi) is 3.47. The fourth-order valence-corrected chi connectivity index (χ4v) is 2.85. The highest BCUT2D eigenvalue weighted by Gasteiger charge is 2.30. The van der Waals surface area contributed by atoms with Gasteiger partial charge in [-0.15, -0.1) is 0 Å². The second kappa shape index (κ2) is 5.27. The molecule has 0 aromatic heterocycles. The summed E-state index contributed by atoms with van der Waals surface area (Å²) >= 11 is 0. The standard InChI is InChI=1S/C16H20N2O2/c1-17-15(19)13-5-4-12-9-14(7-6-11(12)8-13)18-16(20)10-2-3-10/h6-7,9-10,13H,2-5,8H2,1H3,(H,17,19)(H,18,20). The third-order valence-corrected chi connectivity index (χ3v) is 4.27. The Hall–Kier alpha value is -1.84. The zero-order valence-corrected chi connectivity index (χ0v) is 11.7. The van der Waals surface area contributed by atoms with E-state index in [4.69, 9.17) is 0 Å². The van der Waals surface area contributed by atoms with Crippen LogP contribution in [-0.4, -0.2) is 18.9 Å². The van der Waals surface area contributed by atoms with Crippen molar-refractivity contribution in [2.75, 3.05) is 12.4 Å². The molecule has 0 radical (unpaired) electrons. The fourth-order valence-electron chi connectivity index (χ4n) is 2.85. The van der Waals surface area contributed by atoms with Gasteiger partial charge in [0.15, 0.2) is 0 Å². The van der Waals surface area contributed by atoms with Gasteiger partial charge in [0.2, 0.25) is 11.8 Å². The highest BCUT2D eigenvalue weighted by Crippen LogP contribution is 2.31. The number of anilines is 1. The SMILES string of the molecule is CNC(=O)C1CCc2cc(NC(=O)C3CC3)ccc2C1. The van der Waals surface area contributed by atoms with Gasteiger partial charge in [-0.05, 0) is 55.4 Å². The van der Waals surface area contributed by atoms with Gasteiger partial charge in [0.05, 0.1) is 0 Å². The summed E-state index contributed by atoms with van der Waals surface area (Å²) in [6, 6.07) is 6.06. The quantitative estimate of drug-likeness (QED) is 0.882. The van der Waals surface area contributed by atoms with E-state index in [9.17, 15) is 9.59 Å². The van der Waals surface area contributed by atoms with Crippen LogP contribution in [0.3, 0.4) is 0 Å². The summed E-state index contributed by atoms with van der Waals surface area (Å²) in [5.41, 5.74) is 3.38. The minimum atomic E-state index is 0.0828. The monoisotopic (exact) mass is 272 g/mol. The Morgan fingerprint density at radius 2 is 1.85 bits per heavy atom. The molecule has 0 spiro atoms. The topological polar surface area (TPSA) is 58.2 Å². The molecule has 2 aliphatic rings. The number of hydrogen-bond donors (Lipinski definition) is 2. The maximum absolute atomic E-state index is 11.8. The molecule has 106 valence electrons. The molecule has 4 nitrogen and oxygen atoms in total. The number of fused-ring (bicyclic) bond motifs is 1. The van der Waals surface area contributed by atoms with E-state index in [1.165, 1.54) is 11.1 Å². The van der Waals surface area contributed by atoms with Crippen molar-refractivity contribution in [2.45, 2.75) is 32.1 Å². The number of carbonyl (C=O) groups excluding carboxylic acids is 2. The molecule has 1 atom stereocenters. The second-order valence-electron chi connectivity index (χ2n) is 5.80. The lowest BCUT2D eigenvalue weighted by molar-refractivity contribution is -0.124. The number of rotatable bonds is 3. The number of amides is 2. The van der Waals surface area contributed by atoms with Crippen LogP contribution in [-0.2, 0) is 22.4 Å². The molecule has 2 aliphatic carbocycles. The summed E-state index contributed by atoms with van der Waals surface area (Å²) in [5, 5.41) is 5.71. The first kappa shape index (κ1) is 13.2. The Balaban J connectivity index is 1.71. The van der Waals surface area contributed by atoms with Gasteiger partial charge in [0, 0.05) is 24.6 Å². The Morgan fingerprint density at radius 3 is 2.55 bits per heavy atom. The average Bonchev–Trinajstić information content (AvgIpc) is 3.30. The van der Waals surface area contributed by atoms with Gasteiger partial charge in [-0.1, -0.05) is 6.07 Å².